The standard InChI is InChI=1S/C47H41F/c1-27-20-43-37(24-35(27)29-16-18-33-31-12-8-10-14-39(31)45(3,4)41(33)22-29)38-25-36(28(2)21-44(38)47(43,7)26-48)30-17-19-34-32-13-9-11-15-40(32)46(5,6)42(34)23-30/h8-25H,26H2,1-7H3. The zero-order valence-electron chi connectivity index (χ0n) is 29.0. The van der Waals surface area contributed by atoms with Crippen LogP contribution in [0.25, 0.3) is 55.6 Å². The van der Waals surface area contributed by atoms with Gasteiger partial charge in [0.05, 0.1) is 0 Å². The van der Waals surface area contributed by atoms with E-state index in [2.05, 4.69) is 158 Å². The maximum atomic E-state index is 15.3. The summed E-state index contributed by atoms with van der Waals surface area (Å²) >= 11 is 0. The van der Waals surface area contributed by atoms with Gasteiger partial charge in [-0.1, -0.05) is 113 Å². The molecule has 0 aromatic heterocycles. The molecule has 3 aliphatic carbocycles. The van der Waals surface area contributed by atoms with Crippen molar-refractivity contribution >= 4 is 0 Å². The van der Waals surface area contributed by atoms with E-state index in [1.165, 1.54) is 77.9 Å². The molecule has 236 valence electrons. The summed E-state index contributed by atoms with van der Waals surface area (Å²) < 4.78 is 15.3. The molecule has 9 rings (SSSR count). The molecule has 0 spiro atoms. The molecule has 6 aromatic carbocycles. The first-order valence-corrected chi connectivity index (χ1v) is 17.3. The van der Waals surface area contributed by atoms with Gasteiger partial charge in [0, 0.05) is 16.2 Å². The molecule has 48 heavy (non-hydrogen) atoms. The summed E-state index contributed by atoms with van der Waals surface area (Å²) in [4.78, 5) is 0. The van der Waals surface area contributed by atoms with E-state index in [4.69, 9.17) is 0 Å². The minimum atomic E-state index is -0.680. The van der Waals surface area contributed by atoms with Crippen molar-refractivity contribution in [1.82, 2.24) is 0 Å². The van der Waals surface area contributed by atoms with Gasteiger partial charge in [-0.05, 0) is 145 Å². The highest BCUT2D eigenvalue weighted by Crippen LogP contribution is 2.55. The van der Waals surface area contributed by atoms with E-state index in [9.17, 15) is 0 Å². The van der Waals surface area contributed by atoms with Crippen molar-refractivity contribution in [2.45, 2.75) is 64.7 Å². The van der Waals surface area contributed by atoms with Crippen LogP contribution in [0.2, 0.25) is 0 Å². The van der Waals surface area contributed by atoms with Crippen LogP contribution in [0, 0.1) is 13.8 Å². The molecule has 0 fully saturated rings. The Bertz CT molecular complexity index is 2200. The lowest BCUT2D eigenvalue weighted by molar-refractivity contribution is 0.378. The van der Waals surface area contributed by atoms with Crippen LogP contribution in [-0.2, 0) is 16.2 Å². The Kier molecular flexibility index (Phi) is 5.92. The summed E-state index contributed by atoms with van der Waals surface area (Å²) in [6.07, 6.45) is 0. The zero-order chi connectivity index (χ0) is 33.3. The number of alkyl halides is 1. The van der Waals surface area contributed by atoms with E-state index in [1.54, 1.807) is 0 Å². The number of halogens is 1. The number of benzene rings is 6. The van der Waals surface area contributed by atoms with Gasteiger partial charge in [-0.25, -0.2) is 4.39 Å². The lowest BCUT2D eigenvalue weighted by atomic mass is 9.79. The van der Waals surface area contributed by atoms with Crippen molar-refractivity contribution in [2.24, 2.45) is 0 Å². The Hall–Kier alpha value is -4.75. The van der Waals surface area contributed by atoms with Gasteiger partial charge in [0.15, 0.2) is 0 Å². The van der Waals surface area contributed by atoms with E-state index in [0.717, 1.165) is 22.3 Å². The molecule has 0 N–H and O–H groups in total. The van der Waals surface area contributed by atoms with Crippen molar-refractivity contribution in [3.8, 4) is 55.6 Å². The average Bonchev–Trinajstić information content (AvgIpc) is 3.57. The van der Waals surface area contributed by atoms with Crippen LogP contribution in [0.1, 0.15) is 79.1 Å². The molecule has 0 bridgehead atoms. The third-order valence-electron chi connectivity index (χ3n) is 12.3. The smallest absolute Gasteiger partial charge is 0.103 e. The van der Waals surface area contributed by atoms with Gasteiger partial charge in [-0.2, -0.15) is 0 Å². The summed E-state index contributed by atoms with van der Waals surface area (Å²) in [6.45, 7) is 15.4. The highest BCUT2D eigenvalue weighted by atomic mass is 19.1. The molecule has 0 saturated heterocycles. The molecule has 0 radical (unpaired) electrons. The van der Waals surface area contributed by atoms with Crippen LogP contribution < -0.4 is 0 Å². The predicted molar refractivity (Wildman–Crippen MR) is 200 cm³/mol. The lowest BCUT2D eigenvalue weighted by Gasteiger charge is -2.25. The number of aryl methyl sites for hydroxylation is 2. The van der Waals surface area contributed by atoms with Crippen molar-refractivity contribution in [2.75, 3.05) is 6.67 Å². The topological polar surface area (TPSA) is 0 Å². The molecule has 0 amide bonds. The second-order valence-electron chi connectivity index (χ2n) is 15.8. The van der Waals surface area contributed by atoms with Gasteiger partial charge in [0.1, 0.15) is 6.67 Å². The summed E-state index contributed by atoms with van der Waals surface area (Å²) in [5, 5.41) is 0. The molecule has 0 nitrogen and oxygen atoms in total. The number of rotatable bonds is 3. The van der Waals surface area contributed by atoms with Gasteiger partial charge >= 0.3 is 0 Å². The van der Waals surface area contributed by atoms with Crippen molar-refractivity contribution in [1.29, 1.82) is 0 Å². The fraction of sp³-hybridized carbons (Fsp3) is 0.234. The van der Waals surface area contributed by atoms with Gasteiger partial charge < -0.3 is 0 Å². The van der Waals surface area contributed by atoms with Crippen LogP contribution in [0.3, 0.4) is 0 Å². The molecular formula is C47H41F. The normalized spacial score (nSPS) is 16.5. The average molecular weight is 625 g/mol. The molecule has 0 aliphatic heterocycles. The quantitative estimate of drug-likeness (QED) is 0.184. The highest BCUT2D eigenvalue weighted by Gasteiger charge is 2.42. The Labute approximate surface area is 284 Å². The Balaban J connectivity index is 1.20. The lowest BCUT2D eigenvalue weighted by Crippen LogP contribution is -2.23. The molecule has 0 saturated carbocycles. The molecule has 0 unspecified atom stereocenters. The van der Waals surface area contributed by atoms with Crippen molar-refractivity contribution in [3.05, 3.63) is 154 Å². The minimum absolute atomic E-state index is 0.0653. The molecule has 0 heterocycles. The first-order valence-electron chi connectivity index (χ1n) is 17.3. The van der Waals surface area contributed by atoms with E-state index in [-0.39, 0.29) is 10.8 Å². The first kappa shape index (κ1) is 29.4. The van der Waals surface area contributed by atoms with E-state index in [0.29, 0.717) is 0 Å². The van der Waals surface area contributed by atoms with Gasteiger partial charge in [-0.3, -0.25) is 0 Å². The Morgan fingerprint density at radius 3 is 1.21 bits per heavy atom. The summed E-state index contributed by atoms with van der Waals surface area (Å²) in [7, 11) is 0. The molecule has 6 aromatic rings. The van der Waals surface area contributed by atoms with Crippen LogP contribution in [0.4, 0.5) is 4.39 Å². The second-order valence-corrected chi connectivity index (χ2v) is 15.8. The first-order chi connectivity index (χ1) is 22.9. The van der Waals surface area contributed by atoms with Gasteiger partial charge in [-0.15, -0.1) is 0 Å². The summed E-state index contributed by atoms with van der Waals surface area (Å²) in [6, 6.07) is 40.8. The minimum Gasteiger partial charge on any atom is -0.250 e. The van der Waals surface area contributed by atoms with E-state index < -0.39 is 12.1 Å². The van der Waals surface area contributed by atoms with Crippen LogP contribution in [0.5, 0.6) is 0 Å². The maximum Gasteiger partial charge on any atom is 0.103 e. The highest BCUT2D eigenvalue weighted by molar-refractivity contribution is 5.91. The zero-order valence-corrected chi connectivity index (χ0v) is 29.0. The van der Waals surface area contributed by atoms with E-state index >= 15 is 4.39 Å². The van der Waals surface area contributed by atoms with Crippen LogP contribution >= 0.6 is 0 Å². The van der Waals surface area contributed by atoms with Gasteiger partial charge in [0.2, 0.25) is 0 Å². The van der Waals surface area contributed by atoms with Crippen LogP contribution in [0.15, 0.2) is 109 Å². The third kappa shape index (κ3) is 3.71. The SMILES string of the molecule is Cc1cc2c(cc1-c1ccc3c(c1)C(C)(C)c1ccccc1-3)-c1cc(-c3ccc4c(c3)C(C)(C)c3ccccc3-4)c(C)cc1C2(C)CF. The third-order valence-corrected chi connectivity index (χ3v) is 12.3. The summed E-state index contributed by atoms with van der Waals surface area (Å²) in [5.41, 5.74) is 21.8. The summed E-state index contributed by atoms with van der Waals surface area (Å²) in [5.74, 6) is 0. The van der Waals surface area contributed by atoms with Crippen molar-refractivity contribution in [3.63, 3.8) is 0 Å². The van der Waals surface area contributed by atoms with E-state index in [1.807, 2.05) is 0 Å². The molecular weight excluding hydrogens is 584 g/mol. The predicted octanol–water partition coefficient (Wildman–Crippen LogP) is 12.5. The fourth-order valence-corrected chi connectivity index (χ4v) is 9.43. The fourth-order valence-electron chi connectivity index (χ4n) is 9.43. The largest absolute Gasteiger partial charge is 0.250 e. The maximum absolute atomic E-state index is 15.3. The Morgan fingerprint density at radius 1 is 0.396 bits per heavy atom. The number of fused-ring (bicyclic) bond motifs is 9. The second kappa shape index (κ2) is 9.66. The molecule has 0 atom stereocenters. The van der Waals surface area contributed by atoms with Gasteiger partial charge in [0.25, 0.3) is 0 Å². The van der Waals surface area contributed by atoms with Crippen LogP contribution in [-0.4, -0.2) is 6.67 Å². The van der Waals surface area contributed by atoms with Crippen molar-refractivity contribution < 1.29 is 4.39 Å². The molecule has 3 aliphatic rings. The number of hydrogen-bond acceptors (Lipinski definition) is 0. The number of hydrogen-bond donors (Lipinski definition) is 0. The monoisotopic (exact) mass is 624 g/mol. The molecule has 1 heteroatoms. The Morgan fingerprint density at radius 2 is 0.792 bits per heavy atom.